The van der Waals surface area contributed by atoms with Crippen LogP contribution in [0.3, 0.4) is 0 Å². The highest BCUT2D eigenvalue weighted by Gasteiger charge is 2.25. The lowest BCUT2D eigenvalue weighted by Crippen LogP contribution is -2.34. The maximum absolute atomic E-state index is 10.3. The minimum atomic E-state index is -1.05. The molecule has 0 amide bonds. The van der Waals surface area contributed by atoms with Crippen molar-refractivity contribution in [1.29, 1.82) is 0 Å². The van der Waals surface area contributed by atoms with Gasteiger partial charge in [-0.15, -0.1) is 0 Å². The van der Waals surface area contributed by atoms with Crippen LogP contribution in [-0.2, 0) is 4.79 Å². The molecular formula is C10H20O3. The lowest BCUT2D eigenvalue weighted by atomic mass is 9.87. The van der Waals surface area contributed by atoms with Gasteiger partial charge in [0.2, 0.25) is 0 Å². The van der Waals surface area contributed by atoms with E-state index in [9.17, 15) is 15.0 Å². The summed E-state index contributed by atoms with van der Waals surface area (Å²) in [6, 6.07) is 0. The number of carbonyl (C=O) groups excluding carboxylic acids is 1. The molecule has 0 aromatic carbocycles. The molecule has 0 aliphatic rings. The molecular weight excluding hydrogens is 168 g/mol. The topological polar surface area (TPSA) is 57.5 Å². The predicted molar refractivity (Wildman–Crippen MR) is 51.3 cm³/mol. The van der Waals surface area contributed by atoms with E-state index >= 15 is 0 Å². The number of rotatable bonds is 6. The molecule has 78 valence electrons. The van der Waals surface area contributed by atoms with Crippen LogP contribution in [0.15, 0.2) is 0 Å². The molecule has 13 heavy (non-hydrogen) atoms. The monoisotopic (exact) mass is 188 g/mol. The molecule has 4 atom stereocenters. The van der Waals surface area contributed by atoms with Crippen LogP contribution >= 0.6 is 0 Å². The summed E-state index contributed by atoms with van der Waals surface area (Å²) in [5.41, 5.74) is 0. The molecule has 0 aliphatic carbocycles. The summed E-state index contributed by atoms with van der Waals surface area (Å²) >= 11 is 0. The summed E-state index contributed by atoms with van der Waals surface area (Å²) in [4.78, 5) is 10.3. The maximum Gasteiger partial charge on any atom is 0.148 e. The quantitative estimate of drug-likeness (QED) is 0.611. The minimum absolute atomic E-state index is 0.134. The Balaban J connectivity index is 4.06. The van der Waals surface area contributed by atoms with Gasteiger partial charge in [-0.1, -0.05) is 27.2 Å². The second kappa shape index (κ2) is 6.11. The fourth-order valence-electron chi connectivity index (χ4n) is 1.47. The molecule has 0 saturated carbocycles. The van der Waals surface area contributed by atoms with Gasteiger partial charge < -0.3 is 15.0 Å². The van der Waals surface area contributed by atoms with E-state index in [1.807, 2.05) is 13.8 Å². The largest absolute Gasteiger partial charge is 0.392 e. The molecule has 0 rings (SSSR count). The lowest BCUT2D eigenvalue weighted by Gasteiger charge is -2.25. The molecule has 0 heterocycles. The first-order valence-corrected chi connectivity index (χ1v) is 4.86. The van der Waals surface area contributed by atoms with Gasteiger partial charge in [0.05, 0.1) is 6.10 Å². The zero-order valence-corrected chi connectivity index (χ0v) is 8.60. The summed E-state index contributed by atoms with van der Waals surface area (Å²) in [5.74, 6) is -0.242. The van der Waals surface area contributed by atoms with Gasteiger partial charge in [-0.25, -0.2) is 0 Å². The predicted octanol–water partition coefficient (Wildman–Crippen LogP) is 0.979. The van der Waals surface area contributed by atoms with Crippen molar-refractivity contribution in [2.24, 2.45) is 11.8 Å². The van der Waals surface area contributed by atoms with E-state index in [1.165, 1.54) is 0 Å². The zero-order valence-electron chi connectivity index (χ0n) is 8.60. The number of carbonyl (C=O) groups is 1. The fraction of sp³-hybridized carbons (Fsp3) is 0.900. The Labute approximate surface area is 79.8 Å². The average molecular weight is 188 g/mol. The lowest BCUT2D eigenvalue weighted by molar-refractivity contribution is -0.120. The van der Waals surface area contributed by atoms with Crippen molar-refractivity contribution < 1.29 is 15.0 Å². The molecule has 0 radical (unpaired) electrons. The molecule has 0 aromatic rings. The van der Waals surface area contributed by atoms with Crippen molar-refractivity contribution in [3.63, 3.8) is 0 Å². The van der Waals surface area contributed by atoms with Crippen LogP contribution in [0.5, 0.6) is 0 Å². The fourth-order valence-corrected chi connectivity index (χ4v) is 1.47. The molecule has 0 saturated heterocycles. The third-order valence-electron chi connectivity index (χ3n) is 2.54. The smallest absolute Gasteiger partial charge is 0.148 e. The van der Waals surface area contributed by atoms with Crippen molar-refractivity contribution in [2.75, 3.05) is 0 Å². The first-order valence-electron chi connectivity index (χ1n) is 4.86. The van der Waals surface area contributed by atoms with Crippen LogP contribution in [0, 0.1) is 11.8 Å². The second-order valence-corrected chi connectivity index (χ2v) is 3.74. The number of hydrogen-bond donors (Lipinski definition) is 2. The Bertz CT molecular complexity index is 147. The first kappa shape index (κ1) is 12.6. The summed E-state index contributed by atoms with van der Waals surface area (Å²) in [6.07, 6.45) is 0.751. The molecule has 0 spiro atoms. The third-order valence-corrected chi connectivity index (χ3v) is 2.54. The molecule has 2 N–H and O–H groups in total. The summed E-state index contributed by atoms with van der Waals surface area (Å²) < 4.78 is 0. The zero-order chi connectivity index (χ0) is 10.4. The van der Waals surface area contributed by atoms with Gasteiger partial charge in [-0.05, 0) is 12.3 Å². The van der Waals surface area contributed by atoms with Crippen LogP contribution in [0.25, 0.3) is 0 Å². The number of hydrogen-bond acceptors (Lipinski definition) is 3. The molecule has 0 unspecified atom stereocenters. The minimum Gasteiger partial charge on any atom is -0.392 e. The molecule has 0 aliphatic heterocycles. The Morgan fingerprint density at radius 2 is 1.85 bits per heavy atom. The van der Waals surface area contributed by atoms with Gasteiger partial charge in [-0.3, -0.25) is 0 Å². The van der Waals surface area contributed by atoms with Gasteiger partial charge >= 0.3 is 0 Å². The van der Waals surface area contributed by atoms with Crippen LogP contribution in [0.1, 0.15) is 33.6 Å². The molecule has 0 bridgehead atoms. The van der Waals surface area contributed by atoms with E-state index < -0.39 is 12.2 Å². The van der Waals surface area contributed by atoms with Crippen molar-refractivity contribution in [3.05, 3.63) is 0 Å². The standard InChI is InChI=1S/C10H20O3/c1-4-5-7(2)10(13)8(3)9(12)6-11/h6-10,12-13H,4-5H2,1-3H3/t7-,8-,9-,10+/m0/s1. The summed E-state index contributed by atoms with van der Waals surface area (Å²) in [7, 11) is 0. The van der Waals surface area contributed by atoms with Crippen molar-refractivity contribution in [2.45, 2.75) is 45.8 Å². The molecule has 0 fully saturated rings. The van der Waals surface area contributed by atoms with Crippen LogP contribution in [0.4, 0.5) is 0 Å². The SMILES string of the molecule is CCC[C@H](C)[C@@H](O)[C@@H](C)[C@@H](O)C=O. The van der Waals surface area contributed by atoms with Crippen molar-refractivity contribution in [1.82, 2.24) is 0 Å². The Kier molecular flexibility index (Phi) is 5.91. The molecule has 0 aromatic heterocycles. The van der Waals surface area contributed by atoms with Crippen LogP contribution in [-0.4, -0.2) is 28.7 Å². The normalized spacial score (nSPS) is 20.4. The van der Waals surface area contributed by atoms with E-state index in [0.29, 0.717) is 6.29 Å². The number of aliphatic hydroxyl groups excluding tert-OH is 2. The number of aldehydes is 1. The highest BCUT2D eigenvalue weighted by molar-refractivity contribution is 5.56. The molecule has 3 nitrogen and oxygen atoms in total. The van der Waals surface area contributed by atoms with Crippen molar-refractivity contribution >= 4 is 6.29 Å². The highest BCUT2D eigenvalue weighted by atomic mass is 16.3. The van der Waals surface area contributed by atoms with Gasteiger partial charge in [-0.2, -0.15) is 0 Å². The van der Waals surface area contributed by atoms with Crippen LogP contribution in [0.2, 0.25) is 0 Å². The second-order valence-electron chi connectivity index (χ2n) is 3.74. The van der Waals surface area contributed by atoms with E-state index in [2.05, 4.69) is 0 Å². The Hall–Kier alpha value is -0.410. The van der Waals surface area contributed by atoms with Crippen molar-refractivity contribution in [3.8, 4) is 0 Å². The van der Waals surface area contributed by atoms with E-state index in [-0.39, 0.29) is 11.8 Å². The molecule has 3 heteroatoms. The maximum atomic E-state index is 10.3. The van der Waals surface area contributed by atoms with Gasteiger partial charge in [0, 0.05) is 5.92 Å². The Morgan fingerprint density at radius 1 is 1.31 bits per heavy atom. The van der Waals surface area contributed by atoms with E-state index in [1.54, 1.807) is 6.92 Å². The summed E-state index contributed by atoms with van der Waals surface area (Å²) in [6.45, 7) is 5.67. The summed E-state index contributed by atoms with van der Waals surface area (Å²) in [5, 5.41) is 18.9. The Morgan fingerprint density at radius 3 is 2.23 bits per heavy atom. The number of aliphatic hydroxyl groups is 2. The first-order chi connectivity index (χ1) is 6.04. The van der Waals surface area contributed by atoms with Crippen LogP contribution < -0.4 is 0 Å². The van der Waals surface area contributed by atoms with Gasteiger partial charge in [0.15, 0.2) is 0 Å². The highest BCUT2D eigenvalue weighted by Crippen LogP contribution is 2.19. The van der Waals surface area contributed by atoms with Gasteiger partial charge in [0.1, 0.15) is 12.4 Å². The van der Waals surface area contributed by atoms with Gasteiger partial charge in [0.25, 0.3) is 0 Å². The van der Waals surface area contributed by atoms with E-state index in [4.69, 9.17) is 0 Å². The average Bonchev–Trinajstić information content (AvgIpc) is 2.14. The third kappa shape index (κ3) is 3.87. The van der Waals surface area contributed by atoms with E-state index in [0.717, 1.165) is 12.8 Å².